The number of thiophene rings is 1. The van der Waals surface area contributed by atoms with E-state index in [0.29, 0.717) is 23.8 Å². The van der Waals surface area contributed by atoms with Crippen LogP contribution in [0.25, 0.3) is 10.8 Å². The zero-order chi connectivity index (χ0) is 28.9. The molecule has 42 heavy (non-hydrogen) atoms. The van der Waals surface area contributed by atoms with E-state index in [1.54, 1.807) is 11.3 Å². The number of halogens is 1. The molecular formula is C35H31BrN2O3S. The molecule has 7 heteroatoms. The summed E-state index contributed by atoms with van der Waals surface area (Å²) in [5.41, 5.74) is 4.92. The van der Waals surface area contributed by atoms with E-state index in [4.69, 9.17) is 14.5 Å². The number of benzene rings is 4. The van der Waals surface area contributed by atoms with Gasteiger partial charge < -0.3 is 9.47 Å². The molecule has 1 aliphatic rings. The Morgan fingerprint density at radius 3 is 2.57 bits per heavy atom. The number of rotatable bonds is 9. The second-order valence-corrected chi connectivity index (χ2v) is 12.2. The summed E-state index contributed by atoms with van der Waals surface area (Å²) in [7, 11) is 0. The maximum absolute atomic E-state index is 13.2. The Kier molecular flexibility index (Phi) is 8.79. The number of nitrogens with zero attached hydrogens (tertiary/aromatic N) is 2. The molecule has 212 valence electrons. The van der Waals surface area contributed by atoms with Gasteiger partial charge in [0.05, 0.1) is 12.2 Å². The Balaban J connectivity index is 1.33. The van der Waals surface area contributed by atoms with Gasteiger partial charge in [-0.3, -0.25) is 4.90 Å². The molecule has 0 fully saturated rings. The van der Waals surface area contributed by atoms with E-state index >= 15 is 0 Å². The number of aliphatic imine (C=N–C) groups is 1. The van der Waals surface area contributed by atoms with Crippen molar-refractivity contribution >= 4 is 55.2 Å². The first-order valence-corrected chi connectivity index (χ1v) is 15.7. The summed E-state index contributed by atoms with van der Waals surface area (Å²) < 4.78 is 12.9. The SMILES string of the molecule is CCOC(=O)c1c(N=Cc2c(OCc3ccc(Br)cc3)ccc3ccccc23)sc2c1CCN(Cc1ccccc1)C2. The van der Waals surface area contributed by atoms with E-state index < -0.39 is 0 Å². The van der Waals surface area contributed by atoms with Gasteiger partial charge >= 0.3 is 5.97 Å². The van der Waals surface area contributed by atoms with Crippen molar-refractivity contribution in [3.8, 4) is 5.75 Å². The number of hydrogen-bond acceptors (Lipinski definition) is 6. The van der Waals surface area contributed by atoms with E-state index in [1.165, 1.54) is 10.4 Å². The molecule has 0 amide bonds. The first-order valence-electron chi connectivity index (χ1n) is 14.1. The minimum absolute atomic E-state index is 0.303. The van der Waals surface area contributed by atoms with Crippen LogP contribution in [0.15, 0.2) is 100 Å². The van der Waals surface area contributed by atoms with E-state index in [1.807, 2.05) is 61.7 Å². The minimum atomic E-state index is -0.303. The lowest BCUT2D eigenvalue weighted by Gasteiger charge is -2.27. The van der Waals surface area contributed by atoms with Gasteiger partial charge in [-0.05, 0) is 59.0 Å². The van der Waals surface area contributed by atoms with Gasteiger partial charge in [-0.25, -0.2) is 9.79 Å². The molecular weight excluding hydrogens is 608 g/mol. The van der Waals surface area contributed by atoms with Crippen LogP contribution in [0, 0.1) is 0 Å². The lowest BCUT2D eigenvalue weighted by atomic mass is 10.0. The van der Waals surface area contributed by atoms with Crippen LogP contribution in [0.2, 0.25) is 0 Å². The first kappa shape index (κ1) is 28.3. The zero-order valence-electron chi connectivity index (χ0n) is 23.4. The summed E-state index contributed by atoms with van der Waals surface area (Å²) >= 11 is 5.08. The molecule has 0 radical (unpaired) electrons. The summed E-state index contributed by atoms with van der Waals surface area (Å²) in [5, 5.41) is 2.83. The Morgan fingerprint density at radius 2 is 1.76 bits per heavy atom. The summed E-state index contributed by atoms with van der Waals surface area (Å²) in [6.07, 6.45) is 2.64. The van der Waals surface area contributed by atoms with Crippen LogP contribution >= 0.6 is 27.3 Å². The molecule has 0 saturated carbocycles. The van der Waals surface area contributed by atoms with Crippen LogP contribution in [0.1, 0.15) is 44.4 Å². The second-order valence-electron chi connectivity index (χ2n) is 10.2. The highest BCUT2D eigenvalue weighted by Crippen LogP contribution is 2.40. The summed E-state index contributed by atoms with van der Waals surface area (Å²) in [4.78, 5) is 21.8. The van der Waals surface area contributed by atoms with Crippen molar-refractivity contribution in [2.45, 2.75) is 33.0 Å². The van der Waals surface area contributed by atoms with Gasteiger partial charge in [-0.2, -0.15) is 0 Å². The number of fused-ring (bicyclic) bond motifs is 2. The molecule has 1 aromatic heterocycles. The molecule has 0 spiro atoms. The average molecular weight is 640 g/mol. The van der Waals surface area contributed by atoms with Gasteiger partial charge in [0, 0.05) is 40.8 Å². The molecule has 0 saturated heterocycles. The topological polar surface area (TPSA) is 51.1 Å². The number of carbonyl (C=O) groups excluding carboxylic acids is 1. The van der Waals surface area contributed by atoms with E-state index in [0.717, 1.165) is 63.7 Å². The Morgan fingerprint density at radius 1 is 0.976 bits per heavy atom. The first-order chi connectivity index (χ1) is 20.6. The largest absolute Gasteiger partial charge is 0.488 e. The van der Waals surface area contributed by atoms with Crippen LogP contribution in [0.3, 0.4) is 0 Å². The van der Waals surface area contributed by atoms with Crippen LogP contribution < -0.4 is 4.74 Å². The normalized spacial score (nSPS) is 13.4. The summed E-state index contributed by atoms with van der Waals surface area (Å²) in [5.74, 6) is 0.441. The van der Waals surface area contributed by atoms with Crippen molar-refractivity contribution < 1.29 is 14.3 Å². The van der Waals surface area contributed by atoms with Crippen molar-refractivity contribution in [2.75, 3.05) is 13.2 Å². The number of hydrogen-bond donors (Lipinski definition) is 0. The van der Waals surface area contributed by atoms with E-state index in [9.17, 15) is 4.79 Å². The standard InChI is InChI=1S/C35H31BrN2O3S/c1-2-40-35(39)33-29-18-19-38(21-24-8-4-3-5-9-24)22-32(29)42-34(33)37-20-30-28-11-7-6-10-26(28)14-17-31(30)41-23-25-12-15-27(36)16-13-25/h3-17,20H,2,18-19,21-23H2,1H3. The van der Waals surface area contributed by atoms with Crippen molar-refractivity contribution in [3.63, 3.8) is 0 Å². The lowest BCUT2D eigenvalue weighted by Crippen LogP contribution is -2.29. The lowest BCUT2D eigenvalue weighted by molar-refractivity contribution is 0.0526. The third kappa shape index (κ3) is 6.33. The highest BCUT2D eigenvalue weighted by Gasteiger charge is 2.28. The highest BCUT2D eigenvalue weighted by atomic mass is 79.9. The minimum Gasteiger partial charge on any atom is -0.488 e. The van der Waals surface area contributed by atoms with Gasteiger partial charge in [0.15, 0.2) is 0 Å². The monoisotopic (exact) mass is 638 g/mol. The van der Waals surface area contributed by atoms with Gasteiger partial charge in [-0.15, -0.1) is 11.3 Å². The molecule has 5 aromatic rings. The fraction of sp³-hybridized carbons (Fsp3) is 0.200. The quantitative estimate of drug-likeness (QED) is 0.120. The molecule has 0 bridgehead atoms. The van der Waals surface area contributed by atoms with Crippen molar-refractivity contribution in [3.05, 3.63) is 128 Å². The van der Waals surface area contributed by atoms with Crippen LogP contribution in [0.5, 0.6) is 5.75 Å². The fourth-order valence-electron chi connectivity index (χ4n) is 5.32. The van der Waals surface area contributed by atoms with Gasteiger partial charge in [0.25, 0.3) is 0 Å². The van der Waals surface area contributed by atoms with Gasteiger partial charge in [0.2, 0.25) is 0 Å². The number of carbonyl (C=O) groups is 1. The molecule has 0 atom stereocenters. The van der Waals surface area contributed by atoms with Crippen molar-refractivity contribution in [2.24, 2.45) is 4.99 Å². The maximum Gasteiger partial charge on any atom is 0.341 e. The Hall–Kier alpha value is -3.78. The fourth-order valence-corrected chi connectivity index (χ4v) is 6.81. The summed E-state index contributed by atoms with van der Waals surface area (Å²) in [6.45, 7) is 5.14. The molecule has 2 heterocycles. The second kappa shape index (κ2) is 13.0. The predicted molar refractivity (Wildman–Crippen MR) is 174 cm³/mol. The Bertz CT molecular complexity index is 1730. The number of ether oxygens (including phenoxy) is 2. The smallest absolute Gasteiger partial charge is 0.341 e. The van der Waals surface area contributed by atoms with E-state index in [-0.39, 0.29) is 5.97 Å². The Labute approximate surface area is 258 Å². The zero-order valence-corrected chi connectivity index (χ0v) is 25.8. The van der Waals surface area contributed by atoms with Gasteiger partial charge in [-0.1, -0.05) is 88.7 Å². The molecule has 0 aliphatic carbocycles. The maximum atomic E-state index is 13.2. The third-order valence-corrected chi connectivity index (χ3v) is 9.05. The third-order valence-electron chi connectivity index (χ3n) is 7.40. The van der Waals surface area contributed by atoms with Gasteiger partial charge in [0.1, 0.15) is 17.4 Å². The predicted octanol–water partition coefficient (Wildman–Crippen LogP) is 8.73. The molecule has 5 nitrogen and oxygen atoms in total. The van der Waals surface area contributed by atoms with E-state index in [2.05, 4.69) is 63.3 Å². The van der Waals surface area contributed by atoms with Crippen molar-refractivity contribution in [1.82, 2.24) is 4.90 Å². The molecule has 0 unspecified atom stereocenters. The van der Waals surface area contributed by atoms with Crippen LogP contribution in [-0.4, -0.2) is 30.2 Å². The molecule has 1 aliphatic heterocycles. The summed E-state index contributed by atoms with van der Waals surface area (Å²) in [6, 6.07) is 30.9. The van der Waals surface area contributed by atoms with Crippen molar-refractivity contribution in [1.29, 1.82) is 0 Å². The van der Waals surface area contributed by atoms with Crippen LogP contribution in [-0.2, 0) is 30.9 Å². The molecule has 6 rings (SSSR count). The highest BCUT2D eigenvalue weighted by molar-refractivity contribution is 9.10. The average Bonchev–Trinajstić information content (AvgIpc) is 3.38. The molecule has 0 N–H and O–H groups in total. The molecule has 4 aromatic carbocycles. The number of esters is 1. The van der Waals surface area contributed by atoms with Crippen LogP contribution in [0.4, 0.5) is 5.00 Å².